The second-order valence-corrected chi connectivity index (χ2v) is 6.66. The zero-order chi connectivity index (χ0) is 16.4. The van der Waals surface area contributed by atoms with Gasteiger partial charge in [0.1, 0.15) is 5.82 Å². The number of ether oxygens (including phenoxy) is 1. The van der Waals surface area contributed by atoms with Crippen molar-refractivity contribution in [2.75, 3.05) is 13.6 Å². The van der Waals surface area contributed by atoms with Crippen LogP contribution in [0.5, 0.6) is 0 Å². The number of aliphatic imine (C=N–C) groups is 1. The van der Waals surface area contributed by atoms with E-state index in [0.29, 0.717) is 18.2 Å². The Labute approximate surface area is 142 Å². The van der Waals surface area contributed by atoms with Crippen LogP contribution in [0.4, 0.5) is 0 Å². The van der Waals surface area contributed by atoms with Gasteiger partial charge in [0, 0.05) is 20.0 Å². The Kier molecular flexibility index (Phi) is 4.38. The summed E-state index contributed by atoms with van der Waals surface area (Å²) in [4.78, 5) is 12.3. The Morgan fingerprint density at radius 3 is 3.04 bits per heavy atom. The number of aryl methyl sites for hydroxylation is 1. The number of rotatable bonds is 5. The topological polar surface area (TPSA) is 74.3 Å². The molecular formula is C18H25N5O. The van der Waals surface area contributed by atoms with E-state index in [4.69, 9.17) is 4.74 Å². The summed E-state index contributed by atoms with van der Waals surface area (Å²) in [5.74, 6) is 1.92. The molecule has 6 nitrogen and oxygen atoms in total. The van der Waals surface area contributed by atoms with E-state index in [9.17, 15) is 0 Å². The quantitative estimate of drug-likeness (QED) is 0.446. The number of nitrogens with one attached hydrogen (secondary N) is 3. The van der Waals surface area contributed by atoms with Crippen molar-refractivity contribution < 1.29 is 4.74 Å². The maximum absolute atomic E-state index is 5.88. The number of nitrogens with zero attached hydrogens (tertiary/aromatic N) is 2. The van der Waals surface area contributed by atoms with Crippen LogP contribution >= 0.6 is 0 Å². The van der Waals surface area contributed by atoms with E-state index in [-0.39, 0.29) is 0 Å². The molecule has 0 saturated carbocycles. The summed E-state index contributed by atoms with van der Waals surface area (Å²) in [6.45, 7) is 0.873. The highest BCUT2D eigenvalue weighted by Crippen LogP contribution is 2.34. The molecule has 2 bridgehead atoms. The molecule has 1 aromatic heterocycles. The summed E-state index contributed by atoms with van der Waals surface area (Å²) in [7, 11) is 1.82. The fraction of sp³-hybridized carbons (Fsp3) is 0.556. The molecule has 2 aromatic rings. The lowest BCUT2D eigenvalue weighted by molar-refractivity contribution is 0.0992. The lowest BCUT2D eigenvalue weighted by Gasteiger charge is -2.22. The number of aromatic amines is 1. The van der Waals surface area contributed by atoms with Gasteiger partial charge in [0.05, 0.1) is 29.3 Å². The van der Waals surface area contributed by atoms with Crippen molar-refractivity contribution in [1.29, 1.82) is 0 Å². The van der Waals surface area contributed by atoms with Gasteiger partial charge in [0.15, 0.2) is 5.96 Å². The van der Waals surface area contributed by atoms with Crippen LogP contribution in [0.3, 0.4) is 0 Å². The number of guanidine groups is 1. The summed E-state index contributed by atoms with van der Waals surface area (Å²) >= 11 is 0. The summed E-state index contributed by atoms with van der Waals surface area (Å²) in [5, 5.41) is 6.91. The third-order valence-electron chi connectivity index (χ3n) is 4.97. The number of imidazole rings is 1. The SMILES string of the molecule is CN=C(NCCCc1nc2ccccc2[nH]1)NC1CC2CCC1O2. The van der Waals surface area contributed by atoms with Crippen molar-refractivity contribution in [3.05, 3.63) is 30.1 Å². The van der Waals surface area contributed by atoms with E-state index in [2.05, 4.69) is 31.7 Å². The van der Waals surface area contributed by atoms with Gasteiger partial charge < -0.3 is 20.4 Å². The molecule has 0 spiro atoms. The molecule has 0 amide bonds. The molecule has 3 N–H and O–H groups in total. The third kappa shape index (κ3) is 3.24. The van der Waals surface area contributed by atoms with E-state index in [1.54, 1.807) is 0 Å². The molecule has 2 saturated heterocycles. The first kappa shape index (κ1) is 15.4. The fourth-order valence-corrected chi connectivity index (χ4v) is 3.75. The number of aromatic nitrogens is 2. The lowest BCUT2D eigenvalue weighted by atomic mass is 9.96. The maximum Gasteiger partial charge on any atom is 0.191 e. The van der Waals surface area contributed by atoms with Crippen molar-refractivity contribution in [3.8, 4) is 0 Å². The van der Waals surface area contributed by atoms with Gasteiger partial charge in [-0.15, -0.1) is 0 Å². The average Bonchev–Trinajstić information content (AvgIpc) is 3.31. The van der Waals surface area contributed by atoms with E-state index in [0.717, 1.165) is 48.6 Å². The van der Waals surface area contributed by atoms with Crippen LogP contribution in [0, 0.1) is 0 Å². The van der Waals surface area contributed by atoms with Gasteiger partial charge in [-0.25, -0.2) is 4.98 Å². The molecule has 1 aromatic carbocycles. The Hall–Kier alpha value is -2.08. The average molecular weight is 327 g/mol. The largest absolute Gasteiger partial charge is 0.373 e. The van der Waals surface area contributed by atoms with Crippen LogP contribution < -0.4 is 10.6 Å². The van der Waals surface area contributed by atoms with Crippen LogP contribution in [-0.4, -0.2) is 47.8 Å². The van der Waals surface area contributed by atoms with Crippen molar-refractivity contribution >= 4 is 17.0 Å². The lowest BCUT2D eigenvalue weighted by Crippen LogP contribution is -2.47. The number of benzene rings is 1. The maximum atomic E-state index is 5.88. The van der Waals surface area contributed by atoms with Crippen molar-refractivity contribution in [2.24, 2.45) is 4.99 Å². The fourth-order valence-electron chi connectivity index (χ4n) is 3.75. The standard InChI is InChI=1S/C18H25N5O/c1-19-18(23-15-11-12-8-9-16(15)24-12)20-10-4-7-17-21-13-5-2-3-6-14(13)22-17/h2-3,5-6,12,15-16H,4,7-11H2,1H3,(H,21,22)(H2,19,20,23). The Bertz CT molecular complexity index is 692. The second kappa shape index (κ2) is 6.81. The summed E-state index contributed by atoms with van der Waals surface area (Å²) in [6, 6.07) is 8.55. The minimum absolute atomic E-state index is 0.365. The first-order chi connectivity index (χ1) is 11.8. The van der Waals surface area contributed by atoms with Gasteiger partial charge >= 0.3 is 0 Å². The minimum Gasteiger partial charge on any atom is -0.373 e. The molecular weight excluding hydrogens is 302 g/mol. The Morgan fingerprint density at radius 2 is 2.29 bits per heavy atom. The van der Waals surface area contributed by atoms with Crippen LogP contribution in [0.1, 0.15) is 31.5 Å². The first-order valence-corrected chi connectivity index (χ1v) is 8.88. The number of hydrogen-bond acceptors (Lipinski definition) is 3. The summed E-state index contributed by atoms with van der Waals surface area (Å²) in [5.41, 5.74) is 2.14. The van der Waals surface area contributed by atoms with Gasteiger partial charge in [-0.1, -0.05) is 12.1 Å². The smallest absolute Gasteiger partial charge is 0.191 e. The third-order valence-corrected chi connectivity index (χ3v) is 4.97. The second-order valence-electron chi connectivity index (χ2n) is 6.66. The van der Waals surface area contributed by atoms with E-state index in [1.165, 1.54) is 12.8 Å². The van der Waals surface area contributed by atoms with Gasteiger partial charge in [-0.3, -0.25) is 4.99 Å². The molecule has 24 heavy (non-hydrogen) atoms. The highest BCUT2D eigenvalue weighted by Gasteiger charge is 2.41. The van der Waals surface area contributed by atoms with Crippen molar-refractivity contribution in [1.82, 2.24) is 20.6 Å². The highest BCUT2D eigenvalue weighted by molar-refractivity contribution is 5.80. The monoisotopic (exact) mass is 327 g/mol. The minimum atomic E-state index is 0.365. The van der Waals surface area contributed by atoms with Crippen LogP contribution in [0.2, 0.25) is 0 Å². The van der Waals surface area contributed by atoms with Gasteiger partial charge in [0.25, 0.3) is 0 Å². The molecule has 128 valence electrons. The van der Waals surface area contributed by atoms with E-state index >= 15 is 0 Å². The first-order valence-electron chi connectivity index (χ1n) is 8.88. The summed E-state index contributed by atoms with van der Waals surface area (Å²) < 4.78 is 5.88. The zero-order valence-electron chi connectivity index (χ0n) is 14.1. The normalized spacial score (nSPS) is 26.2. The number of fused-ring (bicyclic) bond motifs is 3. The molecule has 0 radical (unpaired) electrons. The molecule has 0 aliphatic carbocycles. The van der Waals surface area contributed by atoms with Gasteiger partial charge in [-0.2, -0.15) is 0 Å². The van der Waals surface area contributed by atoms with E-state index < -0.39 is 0 Å². The molecule has 2 aliphatic rings. The predicted molar refractivity (Wildman–Crippen MR) is 95.2 cm³/mol. The van der Waals surface area contributed by atoms with Crippen LogP contribution in [-0.2, 0) is 11.2 Å². The molecule has 2 fully saturated rings. The summed E-state index contributed by atoms with van der Waals surface area (Å²) in [6.07, 6.45) is 6.24. The zero-order valence-corrected chi connectivity index (χ0v) is 14.1. The van der Waals surface area contributed by atoms with E-state index in [1.807, 2.05) is 25.2 Å². The van der Waals surface area contributed by atoms with Gasteiger partial charge in [-0.05, 0) is 37.8 Å². The number of para-hydroxylation sites is 2. The van der Waals surface area contributed by atoms with Crippen molar-refractivity contribution in [3.63, 3.8) is 0 Å². The van der Waals surface area contributed by atoms with Crippen molar-refractivity contribution in [2.45, 2.75) is 50.4 Å². The molecule has 3 heterocycles. The number of H-pyrrole nitrogens is 1. The predicted octanol–water partition coefficient (Wildman–Crippen LogP) is 1.98. The Balaban J connectivity index is 1.22. The molecule has 4 rings (SSSR count). The Morgan fingerprint density at radius 1 is 1.38 bits per heavy atom. The number of hydrogen-bond donors (Lipinski definition) is 3. The van der Waals surface area contributed by atoms with Gasteiger partial charge in [0.2, 0.25) is 0 Å². The highest BCUT2D eigenvalue weighted by atomic mass is 16.5. The van der Waals surface area contributed by atoms with Crippen LogP contribution in [0.25, 0.3) is 11.0 Å². The molecule has 3 atom stereocenters. The van der Waals surface area contributed by atoms with Crippen LogP contribution in [0.15, 0.2) is 29.3 Å². The molecule has 6 heteroatoms. The molecule has 2 aliphatic heterocycles. The molecule has 3 unspecified atom stereocenters.